The monoisotopic (exact) mass is 549 g/mol. The van der Waals surface area contributed by atoms with Crippen LogP contribution in [0.5, 0.6) is 0 Å². The quantitative estimate of drug-likeness (QED) is 0.0648. The van der Waals surface area contributed by atoms with Gasteiger partial charge in [0.2, 0.25) is 5.13 Å². The second-order valence-corrected chi connectivity index (χ2v) is 10.2. The van der Waals surface area contributed by atoms with Crippen LogP contribution in [0.15, 0.2) is 83.0 Å². The van der Waals surface area contributed by atoms with Gasteiger partial charge in [0.1, 0.15) is 11.6 Å². The third kappa shape index (κ3) is 4.88. The Labute approximate surface area is 222 Å². The van der Waals surface area contributed by atoms with Crippen LogP contribution in [0.3, 0.4) is 0 Å². The number of nitro benzene ring substituents is 1. The van der Waals surface area contributed by atoms with Crippen molar-refractivity contribution >= 4 is 51.4 Å². The standard InChI is InChI=1S/C25H16FN5O5S2/c26-17-5-1-14(2-6-17)13-37-25-29-28-24(38-25)30-20(15-3-7-18(8-4-15)31(35)36)19(22(33)23(30)34)21(32)16-9-11-27-12-10-16/h1-12,20,32H,13H2/b21-19+. The summed E-state index contributed by atoms with van der Waals surface area (Å²) >= 11 is 2.39. The molecule has 0 bridgehead atoms. The SMILES string of the molecule is O=C1C(=O)N(c2nnc(SCc3ccc(F)cc3)s2)C(c2ccc([N+](=O)[O-])cc2)/C1=C(\O)c1ccncc1. The van der Waals surface area contributed by atoms with Gasteiger partial charge in [-0.2, -0.15) is 0 Å². The van der Waals surface area contributed by atoms with Crippen LogP contribution in [0.25, 0.3) is 5.76 Å². The van der Waals surface area contributed by atoms with Crippen molar-refractivity contribution in [3.05, 3.63) is 111 Å². The van der Waals surface area contributed by atoms with Gasteiger partial charge in [-0.15, -0.1) is 10.2 Å². The molecule has 10 nitrogen and oxygen atoms in total. The number of rotatable bonds is 7. The lowest BCUT2D eigenvalue weighted by Crippen LogP contribution is -2.29. The number of ketones is 1. The Morgan fingerprint density at radius 3 is 2.39 bits per heavy atom. The van der Waals surface area contributed by atoms with Crippen LogP contribution in [-0.4, -0.2) is 36.9 Å². The number of Topliss-reactive ketones (excluding diaryl/α,β-unsaturated/α-hetero) is 1. The molecule has 1 fully saturated rings. The number of amides is 1. The van der Waals surface area contributed by atoms with Crippen LogP contribution in [0, 0.1) is 15.9 Å². The first kappa shape index (κ1) is 25.2. The zero-order chi connectivity index (χ0) is 26.8. The van der Waals surface area contributed by atoms with Crippen molar-refractivity contribution in [3.63, 3.8) is 0 Å². The van der Waals surface area contributed by atoms with E-state index in [2.05, 4.69) is 15.2 Å². The van der Waals surface area contributed by atoms with E-state index in [1.807, 2.05) is 0 Å². The molecular weight excluding hydrogens is 533 g/mol. The molecule has 2 aromatic heterocycles. The van der Waals surface area contributed by atoms with Gasteiger partial charge in [0.05, 0.1) is 16.5 Å². The molecule has 1 atom stereocenters. The third-order valence-electron chi connectivity index (χ3n) is 5.70. The fraction of sp³-hybridized carbons (Fsp3) is 0.0800. The summed E-state index contributed by atoms with van der Waals surface area (Å²) < 4.78 is 13.7. The molecule has 0 radical (unpaired) electrons. The molecule has 0 spiro atoms. The predicted octanol–water partition coefficient (Wildman–Crippen LogP) is 4.90. The highest BCUT2D eigenvalue weighted by Crippen LogP contribution is 2.44. The molecular formula is C25H16FN5O5S2. The van der Waals surface area contributed by atoms with Gasteiger partial charge in [-0.1, -0.05) is 35.2 Å². The molecule has 0 aliphatic carbocycles. The highest BCUT2D eigenvalue weighted by molar-refractivity contribution is 8.00. The first-order chi connectivity index (χ1) is 18.3. The van der Waals surface area contributed by atoms with Crippen LogP contribution >= 0.6 is 23.1 Å². The lowest BCUT2D eigenvalue weighted by molar-refractivity contribution is -0.384. The molecule has 190 valence electrons. The van der Waals surface area contributed by atoms with Crippen molar-refractivity contribution in [3.8, 4) is 0 Å². The highest BCUT2D eigenvalue weighted by Gasteiger charge is 2.48. The van der Waals surface area contributed by atoms with E-state index in [0.717, 1.165) is 21.8 Å². The largest absolute Gasteiger partial charge is 0.507 e. The minimum absolute atomic E-state index is 0.117. The summed E-state index contributed by atoms with van der Waals surface area (Å²) in [6.07, 6.45) is 2.86. The molecule has 1 amide bonds. The summed E-state index contributed by atoms with van der Waals surface area (Å²) in [5, 5.41) is 30.6. The van der Waals surface area contributed by atoms with Crippen molar-refractivity contribution in [2.24, 2.45) is 0 Å². The normalized spacial score (nSPS) is 16.7. The van der Waals surface area contributed by atoms with E-state index in [1.54, 1.807) is 12.1 Å². The molecule has 1 unspecified atom stereocenters. The second kappa shape index (κ2) is 10.5. The number of benzene rings is 2. The Morgan fingerprint density at radius 2 is 1.74 bits per heavy atom. The molecule has 1 aliphatic heterocycles. The number of nitrogens with zero attached hydrogens (tertiary/aromatic N) is 5. The van der Waals surface area contributed by atoms with E-state index in [0.29, 0.717) is 15.7 Å². The number of aliphatic hydroxyl groups is 1. The van der Waals surface area contributed by atoms with Gasteiger partial charge < -0.3 is 5.11 Å². The average molecular weight is 550 g/mol. The fourth-order valence-electron chi connectivity index (χ4n) is 3.87. The van der Waals surface area contributed by atoms with Gasteiger partial charge in [-0.05, 0) is 47.5 Å². The number of carbonyl (C=O) groups excluding carboxylic acids is 2. The third-order valence-corrected chi connectivity index (χ3v) is 7.82. The molecule has 3 heterocycles. The molecule has 2 aromatic carbocycles. The number of thioether (sulfide) groups is 1. The zero-order valence-electron chi connectivity index (χ0n) is 19.2. The number of hydrogen-bond acceptors (Lipinski definition) is 10. The van der Waals surface area contributed by atoms with E-state index in [4.69, 9.17) is 0 Å². The maximum absolute atomic E-state index is 13.2. The first-order valence-electron chi connectivity index (χ1n) is 11.0. The van der Waals surface area contributed by atoms with E-state index >= 15 is 0 Å². The number of halogens is 1. The number of anilines is 1. The molecule has 5 rings (SSSR count). The Morgan fingerprint density at radius 1 is 1.05 bits per heavy atom. The lowest BCUT2D eigenvalue weighted by atomic mass is 9.95. The summed E-state index contributed by atoms with van der Waals surface area (Å²) in [5.41, 5.74) is 1.14. The van der Waals surface area contributed by atoms with Gasteiger partial charge >= 0.3 is 5.91 Å². The molecule has 1 saturated heterocycles. The second-order valence-electron chi connectivity index (χ2n) is 8.02. The van der Waals surface area contributed by atoms with Gasteiger partial charge in [-0.25, -0.2) is 4.39 Å². The van der Waals surface area contributed by atoms with Crippen LogP contribution in [0.2, 0.25) is 0 Å². The number of aliphatic hydroxyl groups excluding tert-OH is 1. The molecule has 0 saturated carbocycles. The van der Waals surface area contributed by atoms with Crippen molar-refractivity contribution in [2.45, 2.75) is 16.1 Å². The molecule has 38 heavy (non-hydrogen) atoms. The van der Waals surface area contributed by atoms with E-state index in [9.17, 15) is 29.2 Å². The van der Waals surface area contributed by atoms with E-state index < -0.39 is 28.4 Å². The number of pyridine rings is 1. The highest BCUT2D eigenvalue weighted by atomic mass is 32.2. The van der Waals surface area contributed by atoms with Crippen LogP contribution in [0.1, 0.15) is 22.7 Å². The predicted molar refractivity (Wildman–Crippen MR) is 138 cm³/mol. The Hall–Kier alpha value is -4.49. The van der Waals surface area contributed by atoms with Crippen molar-refractivity contribution in [2.75, 3.05) is 4.90 Å². The number of non-ortho nitro benzene ring substituents is 1. The number of carbonyl (C=O) groups is 2. The average Bonchev–Trinajstić information content (AvgIpc) is 3.50. The summed E-state index contributed by atoms with van der Waals surface area (Å²) in [6, 6.07) is 13.2. The van der Waals surface area contributed by atoms with E-state index in [-0.39, 0.29) is 27.8 Å². The Balaban J connectivity index is 1.53. The zero-order valence-corrected chi connectivity index (χ0v) is 20.9. The van der Waals surface area contributed by atoms with Crippen molar-refractivity contribution < 1.29 is 24.0 Å². The molecule has 1 aliphatic rings. The summed E-state index contributed by atoms with van der Waals surface area (Å²) in [5.74, 6) is -2.13. The van der Waals surface area contributed by atoms with Gasteiger partial charge in [0, 0.05) is 35.8 Å². The van der Waals surface area contributed by atoms with Crippen LogP contribution in [-0.2, 0) is 15.3 Å². The van der Waals surface area contributed by atoms with Crippen LogP contribution < -0.4 is 4.90 Å². The number of aromatic nitrogens is 3. The Bertz CT molecular complexity index is 1560. The molecule has 1 N–H and O–H groups in total. The van der Waals surface area contributed by atoms with Crippen LogP contribution in [0.4, 0.5) is 15.2 Å². The number of nitro groups is 1. The minimum Gasteiger partial charge on any atom is -0.507 e. The fourth-order valence-corrected chi connectivity index (χ4v) is 5.70. The summed E-state index contributed by atoms with van der Waals surface area (Å²) in [6.45, 7) is 0. The maximum Gasteiger partial charge on any atom is 0.301 e. The molecule has 4 aromatic rings. The van der Waals surface area contributed by atoms with Gasteiger partial charge in [0.15, 0.2) is 4.34 Å². The van der Waals surface area contributed by atoms with Crippen molar-refractivity contribution in [1.29, 1.82) is 0 Å². The van der Waals surface area contributed by atoms with E-state index in [1.165, 1.54) is 72.7 Å². The lowest BCUT2D eigenvalue weighted by Gasteiger charge is -2.22. The topological polar surface area (TPSA) is 139 Å². The van der Waals surface area contributed by atoms with Crippen molar-refractivity contribution in [1.82, 2.24) is 15.2 Å². The molecule has 13 heteroatoms. The summed E-state index contributed by atoms with van der Waals surface area (Å²) in [4.78, 5) is 42.1. The minimum atomic E-state index is -1.10. The smallest absolute Gasteiger partial charge is 0.301 e. The first-order valence-corrected chi connectivity index (χ1v) is 12.8. The maximum atomic E-state index is 13.2. The Kier molecular flexibility index (Phi) is 6.94. The van der Waals surface area contributed by atoms with Gasteiger partial charge in [-0.3, -0.25) is 29.6 Å². The summed E-state index contributed by atoms with van der Waals surface area (Å²) in [7, 11) is 0. The number of hydrogen-bond donors (Lipinski definition) is 1. The van der Waals surface area contributed by atoms with Gasteiger partial charge in [0.25, 0.3) is 11.5 Å².